The minimum Gasteiger partial charge on any atom is -0.476 e. The molecular formula is C10H12N2O4S. The van der Waals surface area contributed by atoms with Crippen LogP contribution in [0.4, 0.5) is 0 Å². The molecule has 1 rings (SSSR count). The summed E-state index contributed by atoms with van der Waals surface area (Å²) in [6.45, 7) is 3.77. The minimum absolute atomic E-state index is 0.0719. The molecule has 1 heterocycles. The second-order valence-corrected chi connectivity index (χ2v) is 3.96. The number of thiazole rings is 1. The van der Waals surface area contributed by atoms with Gasteiger partial charge in [0.2, 0.25) is 5.01 Å². The number of hydrogen-bond acceptors (Lipinski definition) is 5. The van der Waals surface area contributed by atoms with E-state index in [-0.39, 0.29) is 30.4 Å². The third-order valence-corrected chi connectivity index (χ3v) is 2.74. The first-order chi connectivity index (χ1) is 8.10. The van der Waals surface area contributed by atoms with E-state index in [1.165, 1.54) is 16.4 Å². The molecule has 0 aliphatic carbocycles. The molecule has 0 saturated heterocycles. The third kappa shape index (κ3) is 3.36. The molecule has 0 saturated carbocycles. The van der Waals surface area contributed by atoms with Gasteiger partial charge in [-0.1, -0.05) is 6.08 Å². The zero-order valence-corrected chi connectivity index (χ0v) is 9.81. The largest absolute Gasteiger partial charge is 0.476 e. The normalized spacial score (nSPS) is 9.94. The Kier molecular flexibility index (Phi) is 4.80. The van der Waals surface area contributed by atoms with Crippen LogP contribution in [-0.2, 0) is 0 Å². The average molecular weight is 256 g/mol. The molecule has 1 aromatic heterocycles. The molecule has 6 nitrogen and oxygen atoms in total. The number of aromatic nitrogens is 1. The summed E-state index contributed by atoms with van der Waals surface area (Å²) in [6.07, 6.45) is 1.53. The molecule has 0 aliphatic heterocycles. The van der Waals surface area contributed by atoms with Gasteiger partial charge in [-0.15, -0.1) is 17.9 Å². The van der Waals surface area contributed by atoms with E-state index in [2.05, 4.69) is 11.6 Å². The van der Waals surface area contributed by atoms with Crippen LogP contribution in [0.15, 0.2) is 18.0 Å². The van der Waals surface area contributed by atoms with E-state index in [4.69, 9.17) is 10.2 Å². The second kappa shape index (κ2) is 6.12. The SMILES string of the molecule is C=CCN(CCO)C(=O)c1csc(C(=O)O)n1. The van der Waals surface area contributed by atoms with Crippen molar-refractivity contribution in [3.05, 3.63) is 28.7 Å². The summed E-state index contributed by atoms with van der Waals surface area (Å²) in [6, 6.07) is 0. The molecule has 7 heteroatoms. The lowest BCUT2D eigenvalue weighted by Gasteiger charge is -2.18. The summed E-state index contributed by atoms with van der Waals surface area (Å²) in [5.74, 6) is -1.57. The highest BCUT2D eigenvalue weighted by atomic mass is 32.1. The number of carboxylic acids is 1. The highest BCUT2D eigenvalue weighted by molar-refractivity contribution is 7.11. The van der Waals surface area contributed by atoms with Crippen molar-refractivity contribution in [2.45, 2.75) is 0 Å². The molecule has 2 N–H and O–H groups in total. The average Bonchev–Trinajstić information content (AvgIpc) is 2.77. The van der Waals surface area contributed by atoms with E-state index in [0.717, 1.165) is 11.3 Å². The fraction of sp³-hybridized carbons (Fsp3) is 0.300. The molecule has 1 amide bonds. The van der Waals surface area contributed by atoms with Crippen molar-refractivity contribution >= 4 is 23.2 Å². The van der Waals surface area contributed by atoms with Crippen molar-refractivity contribution in [1.29, 1.82) is 0 Å². The fourth-order valence-electron chi connectivity index (χ4n) is 1.18. The van der Waals surface area contributed by atoms with E-state index in [1.807, 2.05) is 0 Å². The Balaban J connectivity index is 2.84. The first-order valence-corrected chi connectivity index (χ1v) is 5.68. The standard InChI is InChI=1S/C10H12N2O4S/c1-2-3-12(4-5-13)9(14)7-6-17-8(11-7)10(15)16/h2,6,13H,1,3-5H2,(H,15,16). The summed E-state index contributed by atoms with van der Waals surface area (Å²) in [7, 11) is 0. The maximum Gasteiger partial charge on any atom is 0.365 e. The van der Waals surface area contributed by atoms with Gasteiger partial charge < -0.3 is 15.1 Å². The molecule has 1 aromatic rings. The highest BCUT2D eigenvalue weighted by Crippen LogP contribution is 2.11. The van der Waals surface area contributed by atoms with Crippen molar-refractivity contribution in [1.82, 2.24) is 9.88 Å². The van der Waals surface area contributed by atoms with E-state index in [9.17, 15) is 9.59 Å². The molecule has 0 aliphatic rings. The molecule has 92 valence electrons. The minimum atomic E-state index is -1.16. The molecule has 0 bridgehead atoms. The number of carboxylic acid groups (broad SMARTS) is 1. The Morgan fingerprint density at radius 3 is 2.76 bits per heavy atom. The number of rotatable bonds is 6. The van der Waals surface area contributed by atoms with Crippen LogP contribution in [0.25, 0.3) is 0 Å². The molecule has 17 heavy (non-hydrogen) atoms. The molecule has 0 atom stereocenters. The van der Waals surface area contributed by atoms with Crippen LogP contribution in [0.5, 0.6) is 0 Å². The van der Waals surface area contributed by atoms with E-state index < -0.39 is 11.9 Å². The van der Waals surface area contributed by atoms with Crippen molar-refractivity contribution in [2.75, 3.05) is 19.7 Å². The number of aromatic carboxylic acids is 1. The summed E-state index contributed by atoms with van der Waals surface area (Å²) in [5, 5.41) is 18.8. The van der Waals surface area contributed by atoms with Crippen LogP contribution < -0.4 is 0 Å². The smallest absolute Gasteiger partial charge is 0.365 e. The van der Waals surface area contributed by atoms with Gasteiger partial charge in [-0.25, -0.2) is 9.78 Å². The van der Waals surface area contributed by atoms with E-state index in [1.54, 1.807) is 0 Å². The lowest BCUT2D eigenvalue weighted by molar-refractivity contribution is 0.0696. The first-order valence-electron chi connectivity index (χ1n) is 4.80. The topological polar surface area (TPSA) is 90.7 Å². The zero-order chi connectivity index (χ0) is 12.8. The number of aliphatic hydroxyl groups is 1. The van der Waals surface area contributed by atoms with Crippen LogP contribution in [0, 0.1) is 0 Å². The van der Waals surface area contributed by atoms with Gasteiger partial charge in [-0.2, -0.15) is 0 Å². The second-order valence-electron chi connectivity index (χ2n) is 3.11. The van der Waals surface area contributed by atoms with Crippen LogP contribution in [0.2, 0.25) is 0 Å². The zero-order valence-electron chi connectivity index (χ0n) is 9.00. The number of aliphatic hydroxyl groups excluding tert-OH is 1. The van der Waals surface area contributed by atoms with Gasteiger partial charge in [0.25, 0.3) is 5.91 Å². The van der Waals surface area contributed by atoms with Crippen LogP contribution in [-0.4, -0.2) is 51.7 Å². The Labute approximate surface area is 102 Å². The number of carbonyl (C=O) groups excluding carboxylic acids is 1. The Morgan fingerprint density at radius 2 is 2.29 bits per heavy atom. The lowest BCUT2D eigenvalue weighted by atomic mass is 10.3. The van der Waals surface area contributed by atoms with Gasteiger partial charge in [0.1, 0.15) is 5.69 Å². The van der Waals surface area contributed by atoms with E-state index in [0.29, 0.717) is 0 Å². The van der Waals surface area contributed by atoms with Gasteiger partial charge in [0.15, 0.2) is 0 Å². The van der Waals surface area contributed by atoms with Crippen molar-refractivity contribution in [2.24, 2.45) is 0 Å². The van der Waals surface area contributed by atoms with E-state index >= 15 is 0 Å². The Bertz CT molecular complexity index is 430. The third-order valence-electron chi connectivity index (χ3n) is 1.91. The molecule has 0 unspecified atom stereocenters. The van der Waals surface area contributed by atoms with Crippen molar-refractivity contribution in [3.8, 4) is 0 Å². The Hall–Kier alpha value is -1.73. The number of carbonyl (C=O) groups is 2. The van der Waals surface area contributed by atoms with Crippen molar-refractivity contribution in [3.63, 3.8) is 0 Å². The molecule has 0 fully saturated rings. The number of hydrogen-bond donors (Lipinski definition) is 2. The Morgan fingerprint density at radius 1 is 1.59 bits per heavy atom. The highest BCUT2D eigenvalue weighted by Gasteiger charge is 2.19. The van der Waals surface area contributed by atoms with Crippen LogP contribution >= 0.6 is 11.3 Å². The predicted octanol–water partition coefficient (Wildman–Crippen LogP) is 0.462. The first kappa shape index (κ1) is 13.3. The summed E-state index contributed by atoms with van der Waals surface area (Å²) >= 11 is 0.893. The summed E-state index contributed by atoms with van der Waals surface area (Å²) in [5.41, 5.74) is 0.0719. The maximum absolute atomic E-state index is 11.9. The van der Waals surface area contributed by atoms with Gasteiger partial charge in [0.05, 0.1) is 6.61 Å². The monoisotopic (exact) mass is 256 g/mol. The molecule has 0 radical (unpaired) electrons. The maximum atomic E-state index is 11.9. The van der Waals surface area contributed by atoms with Gasteiger partial charge in [0, 0.05) is 18.5 Å². The number of amides is 1. The lowest BCUT2D eigenvalue weighted by Crippen LogP contribution is -2.33. The predicted molar refractivity (Wildman–Crippen MR) is 62.3 cm³/mol. The van der Waals surface area contributed by atoms with Gasteiger partial charge in [-0.3, -0.25) is 4.79 Å². The quantitative estimate of drug-likeness (QED) is 0.722. The van der Waals surface area contributed by atoms with Gasteiger partial charge >= 0.3 is 5.97 Å². The van der Waals surface area contributed by atoms with Crippen molar-refractivity contribution < 1.29 is 19.8 Å². The van der Waals surface area contributed by atoms with Crippen LogP contribution in [0.3, 0.4) is 0 Å². The molecular weight excluding hydrogens is 244 g/mol. The summed E-state index contributed by atoms with van der Waals surface area (Å²) < 4.78 is 0. The fourth-order valence-corrected chi connectivity index (χ4v) is 1.81. The molecule has 0 aromatic carbocycles. The number of nitrogens with zero attached hydrogens (tertiary/aromatic N) is 2. The molecule has 0 spiro atoms. The van der Waals surface area contributed by atoms with Crippen LogP contribution in [0.1, 0.15) is 20.3 Å². The summed E-state index contributed by atoms with van der Waals surface area (Å²) in [4.78, 5) is 27.6. The van der Waals surface area contributed by atoms with Gasteiger partial charge in [-0.05, 0) is 0 Å².